The SMILES string of the molecule is O=C([Se]c1ccccc1)/C(=C/C1CCCCC1)C[Se]c1ccccc1. The van der Waals surface area contributed by atoms with E-state index in [0.717, 1.165) is 10.9 Å². The van der Waals surface area contributed by atoms with Crippen LogP contribution in [0.3, 0.4) is 0 Å². The zero-order valence-corrected chi connectivity index (χ0v) is 17.8. The number of hydrogen-bond acceptors (Lipinski definition) is 1. The molecule has 0 saturated heterocycles. The normalized spacial score (nSPS) is 15.9. The van der Waals surface area contributed by atoms with Gasteiger partial charge in [0.15, 0.2) is 0 Å². The quantitative estimate of drug-likeness (QED) is 0.455. The van der Waals surface area contributed by atoms with Crippen LogP contribution in [0.1, 0.15) is 32.1 Å². The molecule has 1 aliphatic rings. The minimum absolute atomic E-state index is 0.103. The Morgan fingerprint density at radius 2 is 1.48 bits per heavy atom. The summed E-state index contributed by atoms with van der Waals surface area (Å²) in [5, 5.41) is 0.931. The molecule has 3 rings (SSSR count). The van der Waals surface area contributed by atoms with Gasteiger partial charge in [-0.25, -0.2) is 0 Å². The molecule has 0 spiro atoms. The predicted octanol–water partition coefficient (Wildman–Crippen LogP) is 3.50. The van der Waals surface area contributed by atoms with E-state index in [-0.39, 0.29) is 15.0 Å². The van der Waals surface area contributed by atoms with Crippen molar-refractivity contribution in [2.24, 2.45) is 5.92 Å². The van der Waals surface area contributed by atoms with E-state index in [2.05, 4.69) is 48.5 Å². The molecule has 0 aromatic heterocycles. The van der Waals surface area contributed by atoms with E-state index in [1.165, 1.54) is 41.0 Å². The molecule has 1 saturated carbocycles. The maximum absolute atomic E-state index is 13.0. The van der Waals surface area contributed by atoms with Gasteiger partial charge in [0.05, 0.1) is 0 Å². The first-order chi connectivity index (χ1) is 12.3. The number of carbonyl (C=O) groups excluding carboxylic acids is 1. The summed E-state index contributed by atoms with van der Waals surface area (Å²) in [6.45, 7) is 0. The molecule has 0 aliphatic heterocycles. The van der Waals surface area contributed by atoms with Crippen molar-refractivity contribution in [3.05, 3.63) is 72.3 Å². The molecule has 0 heterocycles. The molecule has 1 aliphatic carbocycles. The van der Waals surface area contributed by atoms with Crippen molar-refractivity contribution in [3.63, 3.8) is 0 Å². The Balaban J connectivity index is 1.70. The van der Waals surface area contributed by atoms with Crippen LogP contribution >= 0.6 is 0 Å². The second kappa shape index (κ2) is 10.1. The van der Waals surface area contributed by atoms with Crippen molar-refractivity contribution < 1.29 is 4.79 Å². The molecule has 1 fully saturated rings. The van der Waals surface area contributed by atoms with Crippen molar-refractivity contribution in [3.8, 4) is 0 Å². The number of rotatable bonds is 7. The van der Waals surface area contributed by atoms with Crippen molar-refractivity contribution in [2.45, 2.75) is 37.4 Å². The Kier molecular flexibility index (Phi) is 7.57. The Morgan fingerprint density at radius 1 is 0.880 bits per heavy atom. The summed E-state index contributed by atoms with van der Waals surface area (Å²) in [4.78, 5) is 13.0. The molecule has 25 heavy (non-hydrogen) atoms. The van der Waals surface area contributed by atoms with E-state index in [0.29, 0.717) is 25.6 Å². The molecule has 130 valence electrons. The fraction of sp³-hybridized carbons (Fsp3) is 0.318. The second-order valence-corrected chi connectivity index (χ2v) is 10.8. The van der Waals surface area contributed by atoms with Gasteiger partial charge in [-0.3, -0.25) is 0 Å². The Bertz CT molecular complexity index is 688. The summed E-state index contributed by atoms with van der Waals surface area (Å²) < 4.78 is 2.94. The summed E-state index contributed by atoms with van der Waals surface area (Å²) in [7, 11) is 0. The first-order valence-electron chi connectivity index (χ1n) is 8.97. The molecule has 2 aromatic rings. The third-order valence-corrected chi connectivity index (χ3v) is 8.67. The Morgan fingerprint density at radius 3 is 2.12 bits per heavy atom. The Labute approximate surface area is 163 Å². The van der Waals surface area contributed by atoms with Crippen LogP contribution in [0.15, 0.2) is 72.3 Å². The van der Waals surface area contributed by atoms with Crippen molar-refractivity contribution in [1.29, 1.82) is 0 Å². The maximum atomic E-state index is 13.0. The van der Waals surface area contributed by atoms with Gasteiger partial charge in [-0.1, -0.05) is 0 Å². The summed E-state index contributed by atoms with van der Waals surface area (Å²) in [5.74, 6) is 0.617. The molecule has 0 unspecified atom stereocenters. The van der Waals surface area contributed by atoms with Gasteiger partial charge in [-0.2, -0.15) is 0 Å². The van der Waals surface area contributed by atoms with Crippen LogP contribution in [0.25, 0.3) is 0 Å². The Hall–Kier alpha value is -1.11. The minimum atomic E-state index is -0.103. The summed E-state index contributed by atoms with van der Waals surface area (Å²) >= 11 is 0.235. The first-order valence-corrected chi connectivity index (χ1v) is 12.7. The fourth-order valence-electron chi connectivity index (χ4n) is 3.10. The van der Waals surface area contributed by atoms with E-state index < -0.39 is 0 Å². The third-order valence-electron chi connectivity index (χ3n) is 4.44. The zero-order valence-electron chi connectivity index (χ0n) is 14.4. The van der Waals surface area contributed by atoms with Gasteiger partial charge in [0, 0.05) is 0 Å². The van der Waals surface area contributed by atoms with Gasteiger partial charge < -0.3 is 0 Å². The van der Waals surface area contributed by atoms with Crippen LogP contribution in [0.5, 0.6) is 0 Å². The number of hydrogen-bond donors (Lipinski definition) is 0. The molecule has 0 bridgehead atoms. The molecule has 0 radical (unpaired) electrons. The fourth-order valence-corrected chi connectivity index (χ4v) is 7.08. The van der Waals surface area contributed by atoms with E-state index in [1.807, 2.05) is 18.2 Å². The summed E-state index contributed by atoms with van der Waals surface area (Å²) in [6, 6.07) is 20.9. The van der Waals surface area contributed by atoms with Crippen molar-refractivity contribution >= 4 is 43.5 Å². The predicted molar refractivity (Wildman–Crippen MR) is 108 cm³/mol. The summed E-state index contributed by atoms with van der Waals surface area (Å²) in [6.07, 6.45) is 8.85. The van der Waals surface area contributed by atoms with E-state index >= 15 is 0 Å². The van der Waals surface area contributed by atoms with Crippen LogP contribution < -0.4 is 8.92 Å². The molecular formula is C22H24OSe2. The van der Waals surface area contributed by atoms with Crippen LogP contribution in [0.2, 0.25) is 5.32 Å². The van der Waals surface area contributed by atoms with Gasteiger partial charge in [-0.15, -0.1) is 0 Å². The molecule has 0 N–H and O–H groups in total. The average molecular weight is 462 g/mol. The summed E-state index contributed by atoms with van der Waals surface area (Å²) in [5.41, 5.74) is 1.10. The second-order valence-electron chi connectivity index (χ2n) is 6.39. The number of carbonyl (C=O) groups is 1. The molecule has 2 aromatic carbocycles. The van der Waals surface area contributed by atoms with Gasteiger partial charge >= 0.3 is 164 Å². The van der Waals surface area contributed by atoms with Gasteiger partial charge in [0.25, 0.3) is 0 Å². The molecule has 0 atom stereocenters. The monoisotopic (exact) mass is 464 g/mol. The van der Waals surface area contributed by atoms with Crippen LogP contribution in [0, 0.1) is 5.92 Å². The molecule has 0 amide bonds. The van der Waals surface area contributed by atoms with E-state index in [1.54, 1.807) is 0 Å². The number of benzene rings is 2. The van der Waals surface area contributed by atoms with E-state index in [4.69, 9.17) is 0 Å². The molecule has 1 nitrogen and oxygen atoms in total. The number of allylic oxidation sites excluding steroid dienone is 2. The van der Waals surface area contributed by atoms with Crippen LogP contribution in [-0.4, -0.2) is 34.6 Å². The van der Waals surface area contributed by atoms with Crippen molar-refractivity contribution in [2.75, 3.05) is 0 Å². The van der Waals surface area contributed by atoms with Gasteiger partial charge in [0.2, 0.25) is 0 Å². The average Bonchev–Trinajstić information content (AvgIpc) is 2.67. The molecule has 3 heteroatoms. The van der Waals surface area contributed by atoms with Gasteiger partial charge in [-0.05, 0) is 0 Å². The van der Waals surface area contributed by atoms with E-state index in [9.17, 15) is 4.79 Å². The van der Waals surface area contributed by atoms with Crippen LogP contribution in [0.4, 0.5) is 0 Å². The van der Waals surface area contributed by atoms with Gasteiger partial charge in [0.1, 0.15) is 0 Å². The van der Waals surface area contributed by atoms with Crippen LogP contribution in [-0.2, 0) is 4.79 Å². The zero-order chi connectivity index (χ0) is 17.3. The topological polar surface area (TPSA) is 17.1 Å². The van der Waals surface area contributed by atoms with Crippen molar-refractivity contribution in [1.82, 2.24) is 0 Å². The third kappa shape index (κ3) is 6.28. The standard InChI is InChI=1S/C22H24OSe2/c23-22(25-21-14-8-3-9-15-21)19(16-18-10-4-1-5-11-18)17-24-20-12-6-2-7-13-20/h2-3,6-9,12-16,18H,1,4-5,10-11,17H2/b19-16+. The first kappa shape index (κ1) is 18.7. The molecular weight excluding hydrogens is 438 g/mol.